The molecule has 4 rings (SSSR count). The number of aliphatic carboxylic acids is 1. The summed E-state index contributed by atoms with van der Waals surface area (Å²) in [7, 11) is 0. The van der Waals surface area contributed by atoms with Gasteiger partial charge in [0.2, 0.25) is 5.78 Å². The molecule has 0 aromatic heterocycles. The number of carboxylic acids is 1. The Morgan fingerprint density at radius 1 is 1.12 bits per heavy atom. The number of hydrogen-bond donors (Lipinski definition) is 3. The first-order valence-electron chi connectivity index (χ1n) is 12.0. The van der Waals surface area contributed by atoms with Gasteiger partial charge in [0.15, 0.2) is 12.4 Å². The maximum atomic E-state index is 13.1. The van der Waals surface area contributed by atoms with E-state index in [4.69, 9.17) is 9.84 Å². The van der Waals surface area contributed by atoms with E-state index in [9.17, 15) is 29.4 Å². The molecule has 0 aromatic carbocycles. The molecule has 4 aliphatic rings. The summed E-state index contributed by atoms with van der Waals surface area (Å²) in [6, 6.07) is 0. The standard InChI is InChI=1S/C25H34O8/c1-23-9-7-15(26)11-14(23)3-4-16-17-8-10-25(32,24(17,2)12-18(27)22(16)23)19(28)13-33-21(31)6-5-20(29)30/h11,16-18,22,27,32H,3-10,12-13H2,1-2H3,(H,29,30)/t16-,17+,18+,22+,23+,24+,25-/m0/s1. The zero-order valence-electron chi connectivity index (χ0n) is 19.3. The molecule has 8 nitrogen and oxygen atoms in total. The number of aliphatic hydroxyl groups is 2. The summed E-state index contributed by atoms with van der Waals surface area (Å²) in [4.78, 5) is 47.5. The number of rotatable bonds is 6. The van der Waals surface area contributed by atoms with Gasteiger partial charge in [0.1, 0.15) is 5.60 Å². The topological polar surface area (TPSA) is 138 Å². The van der Waals surface area contributed by atoms with E-state index < -0.39 is 41.4 Å². The van der Waals surface area contributed by atoms with Gasteiger partial charge in [0.25, 0.3) is 0 Å². The molecule has 4 aliphatic carbocycles. The van der Waals surface area contributed by atoms with Gasteiger partial charge in [-0.3, -0.25) is 19.2 Å². The molecule has 8 heteroatoms. The van der Waals surface area contributed by atoms with Gasteiger partial charge in [0.05, 0.1) is 18.9 Å². The molecule has 0 saturated heterocycles. The quantitative estimate of drug-likeness (QED) is 0.511. The predicted molar refractivity (Wildman–Crippen MR) is 116 cm³/mol. The molecular weight excluding hydrogens is 428 g/mol. The molecule has 0 radical (unpaired) electrons. The first-order chi connectivity index (χ1) is 15.4. The zero-order chi connectivity index (χ0) is 24.2. The van der Waals surface area contributed by atoms with Gasteiger partial charge in [0, 0.05) is 11.8 Å². The summed E-state index contributed by atoms with van der Waals surface area (Å²) in [6.45, 7) is 3.41. The molecule has 7 atom stereocenters. The third-order valence-electron chi connectivity index (χ3n) is 9.42. The zero-order valence-corrected chi connectivity index (χ0v) is 19.3. The van der Waals surface area contributed by atoms with Crippen molar-refractivity contribution in [2.24, 2.45) is 28.6 Å². The third kappa shape index (κ3) is 3.75. The summed E-state index contributed by atoms with van der Waals surface area (Å²) in [5, 5.41) is 31.6. The maximum absolute atomic E-state index is 13.1. The Labute approximate surface area is 193 Å². The van der Waals surface area contributed by atoms with Crippen molar-refractivity contribution in [3.63, 3.8) is 0 Å². The molecule has 0 bridgehead atoms. The second-order valence-corrected chi connectivity index (χ2v) is 11.0. The van der Waals surface area contributed by atoms with Crippen molar-refractivity contribution in [3.8, 4) is 0 Å². The molecule has 33 heavy (non-hydrogen) atoms. The largest absolute Gasteiger partial charge is 0.481 e. The Hall–Kier alpha value is -2.06. The average Bonchev–Trinajstić information content (AvgIpc) is 3.02. The molecule has 3 fully saturated rings. The Kier molecular flexibility index (Phi) is 6.06. The average molecular weight is 463 g/mol. The highest BCUT2D eigenvalue weighted by Gasteiger charge is 2.68. The van der Waals surface area contributed by atoms with Crippen molar-refractivity contribution in [3.05, 3.63) is 11.6 Å². The molecule has 182 valence electrons. The summed E-state index contributed by atoms with van der Waals surface area (Å²) >= 11 is 0. The van der Waals surface area contributed by atoms with Crippen LogP contribution in [0.5, 0.6) is 0 Å². The van der Waals surface area contributed by atoms with Crippen LogP contribution < -0.4 is 0 Å². The third-order valence-corrected chi connectivity index (χ3v) is 9.42. The van der Waals surface area contributed by atoms with Crippen LogP contribution in [-0.2, 0) is 23.9 Å². The summed E-state index contributed by atoms with van der Waals surface area (Å²) in [6.07, 6.45) is 4.30. The number of hydrogen-bond acceptors (Lipinski definition) is 7. The van der Waals surface area contributed by atoms with E-state index in [1.807, 2.05) is 6.92 Å². The van der Waals surface area contributed by atoms with E-state index in [2.05, 4.69) is 6.92 Å². The number of carbonyl (C=O) groups is 4. The summed E-state index contributed by atoms with van der Waals surface area (Å²) in [5.74, 6) is -2.20. The van der Waals surface area contributed by atoms with E-state index >= 15 is 0 Å². The van der Waals surface area contributed by atoms with Crippen LogP contribution in [0.15, 0.2) is 11.6 Å². The Morgan fingerprint density at radius 3 is 2.55 bits per heavy atom. The van der Waals surface area contributed by atoms with Gasteiger partial charge in [-0.15, -0.1) is 0 Å². The van der Waals surface area contributed by atoms with Crippen LogP contribution in [0.2, 0.25) is 0 Å². The van der Waals surface area contributed by atoms with E-state index in [-0.39, 0.29) is 54.6 Å². The normalized spacial score (nSPS) is 41.9. The predicted octanol–water partition coefficient (Wildman–Crippen LogP) is 2.20. The van der Waals surface area contributed by atoms with Crippen LogP contribution in [0.3, 0.4) is 0 Å². The molecule has 3 saturated carbocycles. The van der Waals surface area contributed by atoms with E-state index in [1.165, 1.54) is 0 Å². The van der Waals surface area contributed by atoms with Crippen molar-refractivity contribution in [1.29, 1.82) is 0 Å². The fourth-order valence-corrected chi connectivity index (χ4v) is 7.70. The van der Waals surface area contributed by atoms with Crippen LogP contribution >= 0.6 is 0 Å². The van der Waals surface area contributed by atoms with Crippen LogP contribution in [0.25, 0.3) is 0 Å². The summed E-state index contributed by atoms with van der Waals surface area (Å²) in [5.41, 5.74) is -1.68. The maximum Gasteiger partial charge on any atom is 0.306 e. The van der Waals surface area contributed by atoms with Crippen molar-refractivity contribution in [1.82, 2.24) is 0 Å². The Morgan fingerprint density at radius 2 is 1.85 bits per heavy atom. The van der Waals surface area contributed by atoms with Gasteiger partial charge in [-0.1, -0.05) is 19.4 Å². The number of ketones is 2. The minimum Gasteiger partial charge on any atom is -0.481 e. The molecule has 0 heterocycles. The monoisotopic (exact) mass is 462 g/mol. The van der Waals surface area contributed by atoms with Crippen LogP contribution in [-0.4, -0.2) is 57.1 Å². The summed E-state index contributed by atoms with van der Waals surface area (Å²) < 4.78 is 4.97. The first-order valence-corrected chi connectivity index (χ1v) is 12.0. The fraction of sp³-hybridized carbons (Fsp3) is 0.760. The lowest BCUT2D eigenvalue weighted by molar-refractivity contribution is -0.184. The van der Waals surface area contributed by atoms with Crippen molar-refractivity contribution in [2.75, 3.05) is 6.61 Å². The van der Waals surface area contributed by atoms with E-state index in [0.29, 0.717) is 12.8 Å². The molecule has 0 aliphatic heterocycles. The molecule has 0 amide bonds. The highest BCUT2D eigenvalue weighted by atomic mass is 16.5. The number of carboxylic acid groups (broad SMARTS) is 1. The fourth-order valence-electron chi connectivity index (χ4n) is 7.70. The second-order valence-electron chi connectivity index (χ2n) is 11.0. The minimum absolute atomic E-state index is 0.0185. The SMILES string of the molecule is C[C@@]12CCC(=O)C=C1CC[C@@H]1[C@@H]2[C@H](O)C[C@]2(C)[C@@H]1CC[C@]2(O)C(=O)COC(=O)CCC(=O)O. The van der Waals surface area contributed by atoms with Gasteiger partial charge in [-0.25, -0.2) is 0 Å². The van der Waals surface area contributed by atoms with E-state index in [1.54, 1.807) is 6.08 Å². The number of aliphatic hydroxyl groups excluding tert-OH is 1. The van der Waals surface area contributed by atoms with Crippen LogP contribution in [0.4, 0.5) is 0 Å². The number of esters is 1. The van der Waals surface area contributed by atoms with Crippen molar-refractivity contribution >= 4 is 23.5 Å². The molecular formula is C25H34O8. The number of carbonyl (C=O) groups excluding carboxylic acids is 3. The van der Waals surface area contributed by atoms with Gasteiger partial charge < -0.3 is 20.1 Å². The van der Waals surface area contributed by atoms with Crippen molar-refractivity contribution in [2.45, 2.75) is 83.3 Å². The first kappa shape index (κ1) is 24.1. The molecule has 3 N–H and O–H groups in total. The Balaban J connectivity index is 1.53. The van der Waals surface area contributed by atoms with Crippen LogP contribution in [0, 0.1) is 28.6 Å². The molecule has 0 unspecified atom stereocenters. The number of allylic oxidation sites excluding steroid dienone is 1. The smallest absolute Gasteiger partial charge is 0.306 e. The highest BCUT2D eigenvalue weighted by molar-refractivity contribution is 5.92. The van der Waals surface area contributed by atoms with Gasteiger partial charge in [-0.05, 0) is 67.8 Å². The van der Waals surface area contributed by atoms with Crippen molar-refractivity contribution < 1.29 is 39.2 Å². The lowest BCUT2D eigenvalue weighted by Gasteiger charge is -2.60. The van der Waals surface area contributed by atoms with Gasteiger partial charge >= 0.3 is 11.9 Å². The molecule has 0 spiro atoms. The minimum atomic E-state index is -1.71. The lowest BCUT2D eigenvalue weighted by Crippen LogP contribution is -2.62. The van der Waals surface area contributed by atoms with Crippen LogP contribution in [0.1, 0.15) is 71.6 Å². The number of Topliss-reactive ketones (excluding diaryl/α,β-unsaturated/α-hetero) is 1. The van der Waals surface area contributed by atoms with E-state index in [0.717, 1.165) is 24.8 Å². The number of ether oxygens (including phenoxy) is 1. The highest BCUT2D eigenvalue weighted by Crippen LogP contribution is 2.67. The second kappa shape index (κ2) is 8.31. The lowest BCUT2D eigenvalue weighted by atomic mass is 9.45. The van der Waals surface area contributed by atoms with Gasteiger partial charge in [-0.2, -0.15) is 0 Å². The number of fused-ring (bicyclic) bond motifs is 5. The Bertz CT molecular complexity index is 908. The molecule has 0 aromatic rings.